The van der Waals surface area contributed by atoms with Gasteiger partial charge in [0.1, 0.15) is 12.3 Å². The van der Waals surface area contributed by atoms with Crippen molar-refractivity contribution in [3.05, 3.63) is 53.9 Å². The maximum absolute atomic E-state index is 13.6. The van der Waals surface area contributed by atoms with Crippen molar-refractivity contribution in [3.63, 3.8) is 0 Å². The number of hydrogen-bond donors (Lipinski definition) is 0. The van der Waals surface area contributed by atoms with E-state index in [1.165, 1.54) is 0 Å². The minimum atomic E-state index is -0.391. The first-order valence-corrected chi connectivity index (χ1v) is 12.1. The Morgan fingerprint density at radius 1 is 1.00 bits per heavy atom. The first-order chi connectivity index (χ1) is 15.7. The summed E-state index contributed by atoms with van der Waals surface area (Å²) in [4.78, 5) is 30.1. The van der Waals surface area contributed by atoms with E-state index in [-0.39, 0.29) is 29.8 Å². The van der Waals surface area contributed by atoms with Crippen molar-refractivity contribution in [2.45, 2.75) is 86.5 Å². The van der Waals surface area contributed by atoms with Crippen LogP contribution in [0.5, 0.6) is 5.75 Å². The first kappa shape index (κ1) is 27.5. The van der Waals surface area contributed by atoms with Gasteiger partial charge < -0.3 is 19.1 Å². The van der Waals surface area contributed by atoms with Crippen LogP contribution in [0, 0.1) is 5.41 Å². The molecular weight excluding hydrogens is 426 g/mol. The number of hydrogen-bond acceptors (Lipinski definition) is 3. The van der Waals surface area contributed by atoms with Crippen molar-refractivity contribution in [1.29, 1.82) is 0 Å². The SMILES string of the molecule is COc1cccc(Cn2cccc2CN(C(=O)CN(C(=O)CC(C)(C)C)C(C)C)C(C)(C)C)c1. The lowest BCUT2D eigenvalue weighted by Crippen LogP contribution is -2.52. The zero-order chi connectivity index (χ0) is 25.7. The number of rotatable bonds is 9. The molecule has 0 atom stereocenters. The van der Waals surface area contributed by atoms with Crippen LogP contribution in [0.15, 0.2) is 42.6 Å². The molecule has 0 unspecified atom stereocenters. The number of carbonyl (C=O) groups excluding carboxylic acids is 2. The molecule has 188 valence electrons. The third kappa shape index (κ3) is 7.93. The number of benzene rings is 1. The van der Waals surface area contributed by atoms with Crippen LogP contribution >= 0.6 is 0 Å². The Morgan fingerprint density at radius 3 is 2.24 bits per heavy atom. The molecular formula is C28H43N3O3. The zero-order valence-corrected chi connectivity index (χ0v) is 22.5. The molecule has 6 heteroatoms. The minimum Gasteiger partial charge on any atom is -0.497 e. The summed E-state index contributed by atoms with van der Waals surface area (Å²) in [6, 6.07) is 12.0. The Morgan fingerprint density at radius 2 is 1.68 bits per heavy atom. The van der Waals surface area contributed by atoms with Crippen molar-refractivity contribution in [2.24, 2.45) is 5.41 Å². The molecule has 34 heavy (non-hydrogen) atoms. The van der Waals surface area contributed by atoms with Crippen LogP contribution in [0.3, 0.4) is 0 Å². The van der Waals surface area contributed by atoms with Crippen LogP contribution in [0.2, 0.25) is 0 Å². The number of methoxy groups -OCH3 is 1. The van der Waals surface area contributed by atoms with Gasteiger partial charge in [0.2, 0.25) is 11.8 Å². The molecule has 6 nitrogen and oxygen atoms in total. The fourth-order valence-electron chi connectivity index (χ4n) is 3.92. The molecule has 0 radical (unpaired) electrons. The highest BCUT2D eigenvalue weighted by Crippen LogP contribution is 2.23. The van der Waals surface area contributed by atoms with Crippen LogP contribution in [0.1, 0.15) is 73.1 Å². The largest absolute Gasteiger partial charge is 0.497 e. The molecule has 2 aromatic rings. The second kappa shape index (κ2) is 11.1. The topological polar surface area (TPSA) is 54.8 Å². The average Bonchev–Trinajstić information content (AvgIpc) is 3.14. The molecule has 0 fully saturated rings. The molecule has 1 aromatic heterocycles. The van der Waals surface area contributed by atoms with Crippen molar-refractivity contribution < 1.29 is 14.3 Å². The molecule has 0 saturated carbocycles. The summed E-state index contributed by atoms with van der Waals surface area (Å²) in [5, 5.41) is 0. The lowest BCUT2D eigenvalue weighted by molar-refractivity contribution is -0.146. The summed E-state index contributed by atoms with van der Waals surface area (Å²) >= 11 is 0. The van der Waals surface area contributed by atoms with Crippen LogP contribution in [-0.2, 0) is 22.7 Å². The Kier molecular flexibility index (Phi) is 8.98. The molecule has 0 bridgehead atoms. The van der Waals surface area contributed by atoms with Gasteiger partial charge in [-0.1, -0.05) is 32.9 Å². The van der Waals surface area contributed by atoms with Gasteiger partial charge in [-0.2, -0.15) is 0 Å². The van der Waals surface area contributed by atoms with Gasteiger partial charge >= 0.3 is 0 Å². The quantitative estimate of drug-likeness (QED) is 0.498. The van der Waals surface area contributed by atoms with Crippen LogP contribution in [0.4, 0.5) is 0 Å². The Hall–Kier alpha value is -2.76. The number of nitrogens with zero attached hydrogens (tertiary/aromatic N) is 3. The lowest BCUT2D eigenvalue weighted by Gasteiger charge is -2.38. The van der Waals surface area contributed by atoms with Crippen LogP contribution < -0.4 is 4.74 Å². The maximum Gasteiger partial charge on any atom is 0.242 e. The maximum atomic E-state index is 13.6. The van der Waals surface area contributed by atoms with E-state index in [0.29, 0.717) is 19.5 Å². The molecule has 0 spiro atoms. The molecule has 0 aliphatic carbocycles. The highest BCUT2D eigenvalue weighted by molar-refractivity contribution is 5.85. The Balaban J connectivity index is 2.23. The molecule has 1 aromatic carbocycles. The number of aromatic nitrogens is 1. The van der Waals surface area contributed by atoms with Crippen molar-refractivity contribution >= 4 is 11.8 Å². The van der Waals surface area contributed by atoms with Gasteiger partial charge in [-0.05, 0) is 69.9 Å². The van der Waals surface area contributed by atoms with Gasteiger partial charge in [-0.3, -0.25) is 9.59 Å². The number of carbonyl (C=O) groups is 2. The molecule has 1 heterocycles. The van der Waals surface area contributed by atoms with Gasteiger partial charge in [-0.15, -0.1) is 0 Å². The highest BCUT2D eigenvalue weighted by atomic mass is 16.5. The smallest absolute Gasteiger partial charge is 0.242 e. The van der Waals surface area contributed by atoms with E-state index in [1.807, 2.05) is 90.8 Å². The lowest BCUT2D eigenvalue weighted by atomic mass is 9.91. The van der Waals surface area contributed by atoms with Gasteiger partial charge in [0.05, 0.1) is 13.7 Å². The molecule has 0 aliphatic rings. The fraction of sp³-hybridized carbons (Fsp3) is 0.571. The monoisotopic (exact) mass is 469 g/mol. The van der Waals surface area contributed by atoms with E-state index in [2.05, 4.69) is 16.7 Å². The summed E-state index contributed by atoms with van der Waals surface area (Å²) in [6.45, 7) is 17.4. The average molecular weight is 470 g/mol. The van der Waals surface area contributed by atoms with Crippen molar-refractivity contribution in [2.75, 3.05) is 13.7 Å². The van der Waals surface area contributed by atoms with E-state index in [4.69, 9.17) is 4.74 Å². The normalized spacial score (nSPS) is 12.1. The predicted molar refractivity (Wildman–Crippen MR) is 138 cm³/mol. The second-order valence-electron chi connectivity index (χ2n) is 11.5. The molecule has 0 saturated heterocycles. The van der Waals surface area contributed by atoms with E-state index in [9.17, 15) is 9.59 Å². The molecule has 2 amide bonds. The molecule has 0 aliphatic heterocycles. The Bertz CT molecular complexity index is 964. The van der Waals surface area contributed by atoms with Gasteiger partial charge in [0.15, 0.2) is 0 Å². The summed E-state index contributed by atoms with van der Waals surface area (Å²) in [6.07, 6.45) is 2.45. The molecule has 0 N–H and O–H groups in total. The second-order valence-corrected chi connectivity index (χ2v) is 11.5. The van der Waals surface area contributed by atoms with Crippen molar-refractivity contribution in [3.8, 4) is 5.75 Å². The van der Waals surface area contributed by atoms with E-state index in [1.54, 1.807) is 12.0 Å². The van der Waals surface area contributed by atoms with E-state index in [0.717, 1.165) is 17.0 Å². The predicted octanol–water partition coefficient (Wildman–Crippen LogP) is 5.35. The summed E-state index contributed by atoms with van der Waals surface area (Å²) in [5.41, 5.74) is 1.66. The van der Waals surface area contributed by atoms with Crippen LogP contribution in [-0.4, -0.2) is 51.4 Å². The third-order valence-corrected chi connectivity index (χ3v) is 5.77. The Labute approximate surface area is 205 Å². The standard InChI is InChI=1S/C28H43N3O3/c1-21(2)30(25(32)17-27(3,4)5)20-26(33)31(28(6,7)8)19-23-13-11-15-29(23)18-22-12-10-14-24(16-22)34-9/h10-16,21H,17-20H2,1-9H3. The first-order valence-electron chi connectivity index (χ1n) is 12.1. The minimum absolute atomic E-state index is 0.0195. The molecule has 2 rings (SSSR count). The third-order valence-electron chi connectivity index (χ3n) is 5.77. The van der Waals surface area contributed by atoms with Crippen molar-refractivity contribution in [1.82, 2.24) is 14.4 Å². The van der Waals surface area contributed by atoms with Gasteiger partial charge in [-0.25, -0.2) is 0 Å². The van der Waals surface area contributed by atoms with Gasteiger partial charge in [0, 0.05) is 36.4 Å². The number of ether oxygens (including phenoxy) is 1. The van der Waals surface area contributed by atoms with E-state index >= 15 is 0 Å². The summed E-state index contributed by atoms with van der Waals surface area (Å²) in [5.74, 6) is 0.801. The zero-order valence-electron chi connectivity index (χ0n) is 22.5. The summed E-state index contributed by atoms with van der Waals surface area (Å²) in [7, 11) is 1.67. The highest BCUT2D eigenvalue weighted by Gasteiger charge is 2.31. The fourth-order valence-corrected chi connectivity index (χ4v) is 3.92. The van der Waals surface area contributed by atoms with Crippen LogP contribution in [0.25, 0.3) is 0 Å². The number of amides is 2. The van der Waals surface area contributed by atoms with E-state index < -0.39 is 5.54 Å². The summed E-state index contributed by atoms with van der Waals surface area (Å²) < 4.78 is 7.51. The van der Waals surface area contributed by atoms with Gasteiger partial charge in [0.25, 0.3) is 0 Å².